The number of ether oxygens (including phenoxy) is 1. The number of alkyl halides is 3. The highest BCUT2D eigenvalue weighted by Gasteiger charge is 2.42. The Morgan fingerprint density at radius 3 is 2.52 bits per heavy atom. The molecule has 0 atom stereocenters. The average Bonchev–Trinajstić information content (AvgIpc) is 2.86. The molecule has 1 heterocycles. The zero-order valence-electron chi connectivity index (χ0n) is 11.1. The van der Waals surface area contributed by atoms with E-state index < -0.39 is 24.7 Å². The molecule has 1 N–H and O–H groups in total. The molecule has 9 heteroatoms. The molecule has 1 aliphatic rings. The fraction of sp³-hybridized carbons (Fsp3) is 0.750. The topological polar surface area (TPSA) is 85.5 Å². The van der Waals surface area contributed by atoms with Crippen molar-refractivity contribution in [2.45, 2.75) is 44.4 Å². The maximum absolute atomic E-state index is 12.6. The molecule has 0 spiro atoms. The van der Waals surface area contributed by atoms with E-state index >= 15 is 0 Å². The summed E-state index contributed by atoms with van der Waals surface area (Å²) in [5, 5.41) is 15.9. The van der Waals surface area contributed by atoms with E-state index in [1.165, 1.54) is 0 Å². The van der Waals surface area contributed by atoms with Crippen LogP contribution in [-0.4, -0.2) is 34.1 Å². The van der Waals surface area contributed by atoms with Crippen LogP contribution in [0.2, 0.25) is 0 Å². The van der Waals surface area contributed by atoms with E-state index in [0.29, 0.717) is 18.7 Å². The van der Waals surface area contributed by atoms with Gasteiger partial charge in [-0.3, -0.25) is 0 Å². The van der Waals surface area contributed by atoms with Crippen LogP contribution < -0.4 is 0 Å². The minimum absolute atomic E-state index is 0.0569. The summed E-state index contributed by atoms with van der Waals surface area (Å²) in [6, 6.07) is 0. The van der Waals surface area contributed by atoms with E-state index in [4.69, 9.17) is 14.3 Å². The lowest BCUT2D eigenvalue weighted by atomic mass is 9.81. The number of carboxylic acid groups (broad SMARTS) is 1. The van der Waals surface area contributed by atoms with E-state index in [-0.39, 0.29) is 31.3 Å². The Labute approximate surface area is 118 Å². The first kappa shape index (κ1) is 15.7. The first-order valence-corrected chi connectivity index (χ1v) is 6.54. The summed E-state index contributed by atoms with van der Waals surface area (Å²) in [4.78, 5) is 10.3. The summed E-state index contributed by atoms with van der Waals surface area (Å²) in [5.74, 6) is -2.12. The Morgan fingerprint density at radius 1 is 1.29 bits per heavy atom. The number of carboxylic acids is 1. The third kappa shape index (κ3) is 4.42. The maximum atomic E-state index is 12.6. The molecular formula is C12H15F3N2O4. The number of hydrogen-bond acceptors (Lipinski definition) is 5. The predicted molar refractivity (Wildman–Crippen MR) is 62.3 cm³/mol. The molecular weight excluding hydrogens is 293 g/mol. The second-order valence-electron chi connectivity index (χ2n) is 5.01. The van der Waals surface area contributed by atoms with Crippen molar-refractivity contribution < 1.29 is 32.2 Å². The fourth-order valence-corrected chi connectivity index (χ4v) is 2.38. The summed E-state index contributed by atoms with van der Waals surface area (Å²) in [7, 11) is 0. The highest BCUT2D eigenvalue weighted by atomic mass is 19.4. The summed E-state index contributed by atoms with van der Waals surface area (Å²) in [5.41, 5.74) is 0. The van der Waals surface area contributed by atoms with Crippen LogP contribution in [0, 0.1) is 5.92 Å². The molecule has 2 rings (SSSR count). The van der Waals surface area contributed by atoms with Crippen LogP contribution in [0.5, 0.6) is 0 Å². The van der Waals surface area contributed by atoms with Crippen LogP contribution in [0.1, 0.15) is 43.4 Å². The number of aliphatic carboxylic acids is 1. The standard InChI is InChI=1S/C12H15F3N2O4/c13-12(14,15)8-3-1-7(2-4-8)11-17-16-9(21-11)5-20-6-10(18)19/h7-8H,1-6H2,(H,18,19). The van der Waals surface area contributed by atoms with Crippen molar-refractivity contribution in [3.05, 3.63) is 11.8 Å². The molecule has 0 saturated heterocycles. The Kier molecular flexibility index (Phi) is 4.81. The molecule has 118 valence electrons. The van der Waals surface area contributed by atoms with Gasteiger partial charge in [-0.05, 0) is 25.7 Å². The third-order valence-electron chi connectivity index (χ3n) is 3.47. The molecule has 1 saturated carbocycles. The van der Waals surface area contributed by atoms with E-state index in [1.54, 1.807) is 0 Å². The third-order valence-corrected chi connectivity index (χ3v) is 3.47. The molecule has 0 aromatic carbocycles. The number of nitrogens with zero attached hydrogens (tertiary/aromatic N) is 2. The van der Waals surface area contributed by atoms with Gasteiger partial charge < -0.3 is 14.3 Å². The molecule has 21 heavy (non-hydrogen) atoms. The second kappa shape index (κ2) is 6.42. The van der Waals surface area contributed by atoms with Gasteiger partial charge >= 0.3 is 12.1 Å². The number of hydrogen-bond donors (Lipinski definition) is 1. The number of halogens is 3. The SMILES string of the molecule is O=C(O)COCc1nnc(C2CCC(C(F)(F)F)CC2)o1. The summed E-state index contributed by atoms with van der Waals surface area (Å²) in [6.07, 6.45) is -3.33. The van der Waals surface area contributed by atoms with E-state index in [1.807, 2.05) is 0 Å². The minimum atomic E-state index is -4.14. The van der Waals surface area contributed by atoms with E-state index in [2.05, 4.69) is 10.2 Å². The lowest BCUT2D eigenvalue weighted by Gasteiger charge is -2.27. The molecule has 1 fully saturated rings. The molecule has 1 aromatic rings. The van der Waals surface area contributed by atoms with Gasteiger partial charge in [0.25, 0.3) is 0 Å². The largest absolute Gasteiger partial charge is 0.480 e. The van der Waals surface area contributed by atoms with Gasteiger partial charge in [0.1, 0.15) is 13.2 Å². The molecule has 6 nitrogen and oxygen atoms in total. The first-order valence-electron chi connectivity index (χ1n) is 6.54. The van der Waals surface area contributed by atoms with Gasteiger partial charge in [-0.15, -0.1) is 10.2 Å². The van der Waals surface area contributed by atoms with Crippen LogP contribution in [0.15, 0.2) is 4.42 Å². The lowest BCUT2D eigenvalue weighted by Crippen LogP contribution is -2.27. The van der Waals surface area contributed by atoms with Crippen molar-refractivity contribution in [1.82, 2.24) is 10.2 Å². The van der Waals surface area contributed by atoms with Gasteiger partial charge in [-0.1, -0.05) is 0 Å². The average molecular weight is 308 g/mol. The number of rotatable bonds is 5. The molecule has 1 aliphatic carbocycles. The van der Waals surface area contributed by atoms with Crippen molar-refractivity contribution in [3.63, 3.8) is 0 Å². The van der Waals surface area contributed by atoms with Gasteiger partial charge in [0.2, 0.25) is 11.8 Å². The Balaban J connectivity index is 1.84. The highest BCUT2D eigenvalue weighted by molar-refractivity contribution is 5.67. The van der Waals surface area contributed by atoms with Crippen molar-refractivity contribution in [2.24, 2.45) is 5.92 Å². The van der Waals surface area contributed by atoms with Crippen molar-refractivity contribution >= 4 is 5.97 Å². The lowest BCUT2D eigenvalue weighted by molar-refractivity contribution is -0.182. The van der Waals surface area contributed by atoms with Crippen LogP contribution in [0.25, 0.3) is 0 Å². The van der Waals surface area contributed by atoms with Crippen molar-refractivity contribution in [3.8, 4) is 0 Å². The van der Waals surface area contributed by atoms with Crippen LogP contribution in [-0.2, 0) is 16.1 Å². The maximum Gasteiger partial charge on any atom is 0.391 e. The fourth-order valence-electron chi connectivity index (χ4n) is 2.38. The molecule has 0 radical (unpaired) electrons. The van der Waals surface area contributed by atoms with Crippen molar-refractivity contribution in [2.75, 3.05) is 6.61 Å². The molecule has 0 aliphatic heterocycles. The molecule has 0 bridgehead atoms. The van der Waals surface area contributed by atoms with Crippen LogP contribution in [0.4, 0.5) is 13.2 Å². The molecule has 0 amide bonds. The Hall–Kier alpha value is -1.64. The predicted octanol–water partition coefficient (Wildman–Crippen LogP) is 2.51. The van der Waals surface area contributed by atoms with Gasteiger partial charge in [0, 0.05) is 5.92 Å². The number of carbonyl (C=O) groups is 1. The van der Waals surface area contributed by atoms with Gasteiger partial charge in [-0.25, -0.2) is 4.79 Å². The van der Waals surface area contributed by atoms with Crippen molar-refractivity contribution in [1.29, 1.82) is 0 Å². The number of aromatic nitrogens is 2. The van der Waals surface area contributed by atoms with Crippen LogP contribution in [0.3, 0.4) is 0 Å². The zero-order chi connectivity index (χ0) is 15.5. The molecule has 1 aromatic heterocycles. The first-order chi connectivity index (χ1) is 9.86. The summed E-state index contributed by atoms with van der Waals surface area (Å²) >= 11 is 0. The Bertz CT molecular complexity index is 481. The smallest absolute Gasteiger partial charge is 0.391 e. The van der Waals surface area contributed by atoms with E-state index in [0.717, 1.165) is 0 Å². The van der Waals surface area contributed by atoms with Gasteiger partial charge in [0.15, 0.2) is 0 Å². The van der Waals surface area contributed by atoms with Gasteiger partial charge in [-0.2, -0.15) is 13.2 Å². The summed E-state index contributed by atoms with van der Waals surface area (Å²) in [6.45, 7) is -0.606. The quantitative estimate of drug-likeness (QED) is 0.899. The van der Waals surface area contributed by atoms with Gasteiger partial charge in [0.05, 0.1) is 5.92 Å². The van der Waals surface area contributed by atoms with E-state index in [9.17, 15) is 18.0 Å². The summed E-state index contributed by atoms with van der Waals surface area (Å²) < 4.78 is 47.8. The Morgan fingerprint density at radius 2 is 1.95 bits per heavy atom. The monoisotopic (exact) mass is 308 g/mol. The van der Waals surface area contributed by atoms with Crippen LogP contribution >= 0.6 is 0 Å². The molecule has 0 unspecified atom stereocenters. The zero-order valence-corrected chi connectivity index (χ0v) is 11.1. The minimum Gasteiger partial charge on any atom is -0.480 e. The second-order valence-corrected chi connectivity index (χ2v) is 5.01. The normalized spacial score (nSPS) is 23.2. The highest BCUT2D eigenvalue weighted by Crippen LogP contribution is 2.42.